The minimum atomic E-state index is -0.181. The maximum absolute atomic E-state index is 7.65. The third-order valence-corrected chi connectivity index (χ3v) is 3.70. The summed E-state index contributed by atoms with van der Waals surface area (Å²) in [6.45, 7) is 18.1. The van der Waals surface area contributed by atoms with Crippen molar-refractivity contribution in [3.8, 4) is 0 Å². The van der Waals surface area contributed by atoms with Crippen molar-refractivity contribution in [2.24, 2.45) is 0 Å². The van der Waals surface area contributed by atoms with Gasteiger partial charge in [-0.2, -0.15) is 0 Å². The van der Waals surface area contributed by atoms with Crippen LogP contribution in [0.2, 0.25) is 0 Å². The molecule has 1 aromatic carbocycles. The molecule has 0 aliphatic carbocycles. The number of hydrogen-bond acceptors (Lipinski definition) is 2. The lowest BCUT2D eigenvalue weighted by atomic mass is 9.77. The molecule has 0 saturated carbocycles. The van der Waals surface area contributed by atoms with E-state index in [1.807, 2.05) is 0 Å². The third-order valence-electron chi connectivity index (χ3n) is 3.70. The maximum atomic E-state index is 7.65. The van der Waals surface area contributed by atoms with Crippen LogP contribution in [-0.2, 0) is 22.0 Å². The summed E-state index contributed by atoms with van der Waals surface area (Å²) in [5.74, 6) is 0. The molecule has 0 radical (unpaired) electrons. The third kappa shape index (κ3) is 6.19. The fourth-order valence-electron chi connectivity index (χ4n) is 2.35. The average Bonchev–Trinajstić information content (AvgIpc) is 2.36. The van der Waals surface area contributed by atoms with E-state index in [4.69, 9.17) is 5.11 Å². The van der Waals surface area contributed by atoms with Crippen LogP contribution in [0.15, 0.2) is 12.1 Å². The van der Waals surface area contributed by atoms with Gasteiger partial charge >= 0.3 is 0 Å². The first-order chi connectivity index (χ1) is 9.48. The largest absolute Gasteiger partial charge is 0.371 e. The van der Waals surface area contributed by atoms with Crippen molar-refractivity contribution in [1.82, 2.24) is 0 Å². The van der Waals surface area contributed by atoms with Crippen LogP contribution in [0, 0.1) is 6.92 Å². The summed E-state index contributed by atoms with van der Waals surface area (Å²) >= 11 is 0. The molecule has 2 heteroatoms. The predicted molar refractivity (Wildman–Crippen MR) is 92.1 cm³/mol. The molecule has 1 aromatic rings. The lowest BCUT2D eigenvalue weighted by Crippen LogP contribution is -2.19. The van der Waals surface area contributed by atoms with Gasteiger partial charge in [0.05, 0.1) is 0 Å². The quantitative estimate of drug-likeness (QED) is 0.799. The average molecular weight is 294 g/mol. The van der Waals surface area contributed by atoms with E-state index in [2.05, 4.69) is 72.3 Å². The number of methoxy groups -OCH3 is 1. The number of ether oxygens (including phenoxy) is 1. The van der Waals surface area contributed by atoms with Gasteiger partial charge in [0.1, 0.15) is 6.79 Å². The zero-order valence-corrected chi connectivity index (χ0v) is 15.4. The van der Waals surface area contributed by atoms with E-state index in [1.165, 1.54) is 29.4 Å². The smallest absolute Gasteiger partial charge is 0.143 e. The van der Waals surface area contributed by atoms with Crippen LogP contribution in [0.3, 0.4) is 0 Å². The molecule has 0 unspecified atom stereocenters. The van der Waals surface area contributed by atoms with Crippen molar-refractivity contribution in [3.63, 3.8) is 0 Å². The van der Waals surface area contributed by atoms with Gasteiger partial charge < -0.3 is 9.84 Å². The topological polar surface area (TPSA) is 29.5 Å². The van der Waals surface area contributed by atoms with E-state index in [-0.39, 0.29) is 17.6 Å². The Morgan fingerprint density at radius 1 is 1.00 bits per heavy atom. The SMILES string of the molecule is CCc1cc(C(C)(C)C)cc(C(C)(C)C)c1C.COCO. The Balaban J connectivity index is 0.000000885. The Bertz CT molecular complexity index is 432. The fourth-order valence-corrected chi connectivity index (χ4v) is 2.35. The standard InChI is InChI=1S/C17H28.C2H6O2/c1-9-13-10-14(16(3,4)5)11-15(12(13)2)17(6,7)8;1-4-2-3/h10-11H,9H2,1-8H3;3H,2H2,1H3. The van der Waals surface area contributed by atoms with E-state index >= 15 is 0 Å². The molecule has 0 heterocycles. The molecule has 122 valence electrons. The molecular weight excluding hydrogens is 260 g/mol. The summed E-state index contributed by atoms with van der Waals surface area (Å²) in [6.07, 6.45) is 1.12. The molecule has 0 aliphatic rings. The van der Waals surface area contributed by atoms with E-state index in [0.29, 0.717) is 0 Å². The molecule has 0 atom stereocenters. The Morgan fingerprint density at radius 2 is 1.48 bits per heavy atom. The number of aliphatic hydroxyl groups is 1. The summed E-state index contributed by atoms with van der Waals surface area (Å²) in [7, 11) is 1.43. The maximum Gasteiger partial charge on any atom is 0.143 e. The highest BCUT2D eigenvalue weighted by atomic mass is 16.6. The fraction of sp³-hybridized carbons (Fsp3) is 0.684. The van der Waals surface area contributed by atoms with Crippen LogP contribution in [0.25, 0.3) is 0 Å². The van der Waals surface area contributed by atoms with Crippen LogP contribution in [0.1, 0.15) is 70.7 Å². The first-order valence-corrected chi connectivity index (χ1v) is 7.73. The van der Waals surface area contributed by atoms with Gasteiger partial charge in [-0.15, -0.1) is 0 Å². The Kier molecular flexibility index (Phi) is 7.63. The Labute approximate surface area is 131 Å². The number of hydrogen-bond donors (Lipinski definition) is 1. The number of benzene rings is 1. The Morgan fingerprint density at radius 3 is 1.76 bits per heavy atom. The summed E-state index contributed by atoms with van der Waals surface area (Å²) in [5.41, 5.74) is 6.41. The van der Waals surface area contributed by atoms with Crippen molar-refractivity contribution < 1.29 is 9.84 Å². The van der Waals surface area contributed by atoms with Crippen molar-refractivity contribution in [2.45, 2.75) is 72.6 Å². The molecule has 0 aromatic heterocycles. The summed E-state index contributed by atoms with van der Waals surface area (Å²) in [5, 5.41) is 7.65. The van der Waals surface area contributed by atoms with Gasteiger partial charge in [-0.3, -0.25) is 0 Å². The second-order valence-corrected chi connectivity index (χ2v) is 7.58. The van der Waals surface area contributed by atoms with Gasteiger partial charge in [-0.05, 0) is 46.4 Å². The van der Waals surface area contributed by atoms with E-state index in [0.717, 1.165) is 6.42 Å². The molecule has 2 nitrogen and oxygen atoms in total. The number of rotatable bonds is 2. The molecule has 0 spiro atoms. The molecule has 0 saturated heterocycles. The highest BCUT2D eigenvalue weighted by Crippen LogP contribution is 2.33. The zero-order chi connectivity index (χ0) is 16.8. The first-order valence-electron chi connectivity index (χ1n) is 7.73. The second kappa shape index (κ2) is 7.95. The normalized spacial score (nSPS) is 11.9. The zero-order valence-electron chi connectivity index (χ0n) is 15.4. The summed E-state index contributed by atoms with van der Waals surface area (Å²) in [6, 6.07) is 4.80. The van der Waals surface area contributed by atoms with Gasteiger partial charge in [0.2, 0.25) is 0 Å². The molecular formula is C19H34O2. The van der Waals surface area contributed by atoms with Crippen molar-refractivity contribution in [3.05, 3.63) is 34.4 Å². The summed E-state index contributed by atoms with van der Waals surface area (Å²) in [4.78, 5) is 0. The van der Waals surface area contributed by atoms with Gasteiger partial charge in [0.25, 0.3) is 0 Å². The van der Waals surface area contributed by atoms with Gasteiger partial charge in [-0.25, -0.2) is 0 Å². The molecule has 0 fully saturated rings. The minimum absolute atomic E-state index is 0.181. The lowest BCUT2D eigenvalue weighted by Gasteiger charge is -2.28. The summed E-state index contributed by atoms with van der Waals surface area (Å²) < 4.78 is 4.10. The van der Waals surface area contributed by atoms with Gasteiger partial charge in [0.15, 0.2) is 0 Å². The number of aliphatic hydroxyl groups excluding tert-OH is 1. The molecule has 1 rings (SSSR count). The van der Waals surface area contributed by atoms with E-state index in [9.17, 15) is 0 Å². The lowest BCUT2D eigenvalue weighted by molar-refractivity contribution is 0.0325. The van der Waals surface area contributed by atoms with Crippen LogP contribution in [-0.4, -0.2) is 19.0 Å². The first kappa shape index (κ1) is 20.1. The van der Waals surface area contributed by atoms with Crippen molar-refractivity contribution >= 4 is 0 Å². The number of aryl methyl sites for hydroxylation is 1. The second-order valence-electron chi connectivity index (χ2n) is 7.58. The van der Waals surface area contributed by atoms with Crippen LogP contribution in [0.5, 0.6) is 0 Å². The van der Waals surface area contributed by atoms with Gasteiger partial charge in [0, 0.05) is 7.11 Å². The predicted octanol–water partition coefficient (Wildman–Crippen LogP) is 4.74. The van der Waals surface area contributed by atoms with Crippen molar-refractivity contribution in [1.29, 1.82) is 0 Å². The highest BCUT2D eigenvalue weighted by Gasteiger charge is 2.22. The Hall–Kier alpha value is -0.860. The van der Waals surface area contributed by atoms with Crippen LogP contribution >= 0.6 is 0 Å². The van der Waals surface area contributed by atoms with Crippen LogP contribution < -0.4 is 0 Å². The molecule has 0 amide bonds. The van der Waals surface area contributed by atoms with E-state index in [1.54, 1.807) is 0 Å². The highest BCUT2D eigenvalue weighted by molar-refractivity contribution is 5.44. The molecule has 21 heavy (non-hydrogen) atoms. The monoisotopic (exact) mass is 294 g/mol. The minimum Gasteiger partial charge on any atom is -0.371 e. The van der Waals surface area contributed by atoms with Crippen molar-refractivity contribution in [2.75, 3.05) is 13.9 Å². The molecule has 0 aliphatic heterocycles. The van der Waals surface area contributed by atoms with Crippen LogP contribution in [0.4, 0.5) is 0 Å². The van der Waals surface area contributed by atoms with E-state index < -0.39 is 0 Å². The van der Waals surface area contributed by atoms with Gasteiger partial charge in [-0.1, -0.05) is 60.6 Å². The molecule has 1 N–H and O–H groups in total. The molecule has 0 bridgehead atoms.